The van der Waals surface area contributed by atoms with Crippen LogP contribution in [0.25, 0.3) is 0 Å². The highest BCUT2D eigenvalue weighted by Crippen LogP contribution is 2.27. The number of aliphatic carboxylic acids is 1. The smallest absolute Gasteiger partial charge is 0.327 e. The molecular formula is C13H22N2O3S. The van der Waals surface area contributed by atoms with Crippen molar-refractivity contribution in [2.45, 2.75) is 51.1 Å². The molecule has 2 aliphatic heterocycles. The number of urea groups is 1. The maximum absolute atomic E-state index is 12.6. The molecule has 5 nitrogen and oxygen atoms in total. The second-order valence-corrected chi connectivity index (χ2v) is 6.24. The van der Waals surface area contributed by atoms with Gasteiger partial charge in [0.05, 0.1) is 5.88 Å². The molecule has 2 amide bonds. The van der Waals surface area contributed by atoms with Gasteiger partial charge in [-0.3, -0.25) is 0 Å². The summed E-state index contributed by atoms with van der Waals surface area (Å²) >= 11 is 1.52. The maximum Gasteiger partial charge on any atom is 0.327 e. The van der Waals surface area contributed by atoms with Crippen molar-refractivity contribution in [3.63, 3.8) is 0 Å². The van der Waals surface area contributed by atoms with E-state index in [9.17, 15) is 14.7 Å². The van der Waals surface area contributed by atoms with Gasteiger partial charge in [-0.1, -0.05) is 13.3 Å². The average molecular weight is 286 g/mol. The lowest BCUT2D eigenvalue weighted by atomic mass is 9.98. The lowest BCUT2D eigenvalue weighted by Crippen LogP contribution is -2.53. The van der Waals surface area contributed by atoms with Gasteiger partial charge in [0.2, 0.25) is 0 Å². The first-order valence-electron chi connectivity index (χ1n) is 7.03. The number of carboxylic acids is 1. The summed E-state index contributed by atoms with van der Waals surface area (Å²) in [4.78, 5) is 27.2. The number of carboxylic acid groups (broad SMARTS) is 1. The minimum Gasteiger partial charge on any atom is -0.480 e. The molecule has 2 atom stereocenters. The predicted molar refractivity (Wildman–Crippen MR) is 75.2 cm³/mol. The van der Waals surface area contributed by atoms with Crippen LogP contribution < -0.4 is 0 Å². The summed E-state index contributed by atoms with van der Waals surface area (Å²) in [5, 5.41) is 9.17. The molecule has 0 aromatic rings. The molecule has 108 valence electrons. The molecule has 2 saturated heterocycles. The van der Waals surface area contributed by atoms with E-state index in [1.807, 2.05) is 4.90 Å². The molecule has 0 aliphatic carbocycles. The third-order valence-electron chi connectivity index (χ3n) is 3.91. The predicted octanol–water partition coefficient (Wildman–Crippen LogP) is 2.22. The Bertz CT molecular complexity index is 349. The third kappa shape index (κ3) is 3.16. The van der Waals surface area contributed by atoms with Crippen molar-refractivity contribution in [3.05, 3.63) is 0 Å². The number of piperidine rings is 1. The van der Waals surface area contributed by atoms with E-state index in [0.717, 1.165) is 32.2 Å². The van der Waals surface area contributed by atoms with E-state index in [2.05, 4.69) is 6.92 Å². The quantitative estimate of drug-likeness (QED) is 0.864. The number of likely N-dealkylation sites (tertiary alicyclic amines) is 1. The number of carbonyl (C=O) groups excluding carboxylic acids is 1. The van der Waals surface area contributed by atoms with Crippen LogP contribution in [0.2, 0.25) is 0 Å². The van der Waals surface area contributed by atoms with Crippen LogP contribution in [-0.2, 0) is 4.79 Å². The first-order valence-corrected chi connectivity index (χ1v) is 8.18. The van der Waals surface area contributed by atoms with E-state index in [0.29, 0.717) is 17.7 Å². The van der Waals surface area contributed by atoms with Gasteiger partial charge in [-0.25, -0.2) is 9.59 Å². The zero-order chi connectivity index (χ0) is 13.8. The molecular weight excluding hydrogens is 264 g/mol. The molecule has 0 bridgehead atoms. The summed E-state index contributed by atoms with van der Waals surface area (Å²) in [5.41, 5.74) is 0. The molecule has 2 rings (SSSR count). The number of thioether (sulfide) groups is 1. The van der Waals surface area contributed by atoms with Gasteiger partial charge in [-0.05, 0) is 25.7 Å². The molecule has 19 heavy (non-hydrogen) atoms. The monoisotopic (exact) mass is 286 g/mol. The highest BCUT2D eigenvalue weighted by Gasteiger charge is 2.38. The maximum atomic E-state index is 12.6. The van der Waals surface area contributed by atoms with Gasteiger partial charge in [-0.2, -0.15) is 0 Å². The fraction of sp³-hybridized carbons (Fsp3) is 0.846. The first-order chi connectivity index (χ1) is 9.15. The second kappa shape index (κ2) is 6.50. The van der Waals surface area contributed by atoms with E-state index in [4.69, 9.17) is 0 Å². The van der Waals surface area contributed by atoms with Crippen LogP contribution in [0, 0.1) is 0 Å². The molecule has 2 fully saturated rings. The standard InChI is InChI=1S/C13H22N2O3S/c1-2-5-10-6-3-4-7-14(10)13(18)15-9-19-8-11(15)12(16)17/h10-11H,2-9H2,1H3,(H,16,17)/t10?,11-/m0/s1. The summed E-state index contributed by atoms with van der Waals surface area (Å²) < 4.78 is 0. The molecule has 0 aromatic carbocycles. The Balaban J connectivity index is 2.06. The fourth-order valence-corrected chi connectivity index (χ4v) is 4.02. The number of rotatable bonds is 3. The molecule has 1 unspecified atom stereocenters. The Morgan fingerprint density at radius 3 is 2.79 bits per heavy atom. The lowest BCUT2D eigenvalue weighted by molar-refractivity contribution is -0.141. The van der Waals surface area contributed by atoms with E-state index < -0.39 is 12.0 Å². The highest BCUT2D eigenvalue weighted by atomic mass is 32.2. The van der Waals surface area contributed by atoms with Crippen molar-refractivity contribution in [1.29, 1.82) is 0 Å². The number of hydrogen-bond donors (Lipinski definition) is 1. The van der Waals surface area contributed by atoms with Gasteiger partial charge >= 0.3 is 12.0 Å². The van der Waals surface area contributed by atoms with Crippen LogP contribution in [0.4, 0.5) is 4.79 Å². The Labute approximate surface area is 118 Å². The van der Waals surface area contributed by atoms with Crippen LogP contribution in [0.5, 0.6) is 0 Å². The fourth-order valence-electron chi connectivity index (χ4n) is 2.89. The summed E-state index contributed by atoms with van der Waals surface area (Å²) in [6, 6.07) is -0.427. The zero-order valence-electron chi connectivity index (χ0n) is 11.4. The second-order valence-electron chi connectivity index (χ2n) is 5.24. The lowest BCUT2D eigenvalue weighted by Gasteiger charge is -2.38. The van der Waals surface area contributed by atoms with Crippen LogP contribution in [0.15, 0.2) is 0 Å². The molecule has 0 aromatic heterocycles. The van der Waals surface area contributed by atoms with Gasteiger partial charge in [0.1, 0.15) is 6.04 Å². The summed E-state index contributed by atoms with van der Waals surface area (Å²) in [5.74, 6) is 0.126. The summed E-state index contributed by atoms with van der Waals surface area (Å²) in [6.07, 6.45) is 5.34. The van der Waals surface area contributed by atoms with Crippen molar-refractivity contribution in [3.8, 4) is 0 Å². The summed E-state index contributed by atoms with van der Waals surface area (Å²) in [6.45, 7) is 2.90. The average Bonchev–Trinajstić information content (AvgIpc) is 2.88. The number of amides is 2. The van der Waals surface area contributed by atoms with E-state index >= 15 is 0 Å². The SMILES string of the molecule is CCCC1CCCCN1C(=O)N1CSC[C@H]1C(=O)O. The van der Waals surface area contributed by atoms with Crippen LogP contribution in [0.3, 0.4) is 0 Å². The molecule has 2 aliphatic rings. The topological polar surface area (TPSA) is 60.9 Å². The van der Waals surface area contributed by atoms with E-state index in [-0.39, 0.29) is 6.03 Å². The number of nitrogens with zero attached hydrogens (tertiary/aromatic N) is 2. The van der Waals surface area contributed by atoms with Crippen LogP contribution in [-0.4, -0.2) is 57.2 Å². The van der Waals surface area contributed by atoms with Crippen molar-refractivity contribution >= 4 is 23.8 Å². The molecule has 6 heteroatoms. The van der Waals surface area contributed by atoms with Crippen LogP contribution in [0.1, 0.15) is 39.0 Å². The Kier molecular flexibility index (Phi) is 4.96. The van der Waals surface area contributed by atoms with Crippen molar-refractivity contribution in [2.24, 2.45) is 0 Å². The Hall–Kier alpha value is -0.910. The van der Waals surface area contributed by atoms with Crippen molar-refractivity contribution in [1.82, 2.24) is 9.80 Å². The minimum atomic E-state index is -0.887. The normalized spacial score (nSPS) is 27.6. The minimum absolute atomic E-state index is 0.0736. The molecule has 0 saturated carbocycles. The number of carbonyl (C=O) groups is 2. The van der Waals surface area contributed by atoms with Gasteiger partial charge in [-0.15, -0.1) is 11.8 Å². The zero-order valence-corrected chi connectivity index (χ0v) is 12.2. The van der Waals surface area contributed by atoms with Gasteiger partial charge in [0.15, 0.2) is 0 Å². The third-order valence-corrected chi connectivity index (χ3v) is 4.92. The molecule has 0 radical (unpaired) electrons. The first kappa shape index (κ1) is 14.5. The van der Waals surface area contributed by atoms with Crippen LogP contribution >= 0.6 is 11.8 Å². The molecule has 2 heterocycles. The van der Waals surface area contributed by atoms with E-state index in [1.54, 1.807) is 0 Å². The highest BCUT2D eigenvalue weighted by molar-refractivity contribution is 7.99. The van der Waals surface area contributed by atoms with Gasteiger partial charge in [0.25, 0.3) is 0 Å². The van der Waals surface area contributed by atoms with Gasteiger partial charge < -0.3 is 14.9 Å². The largest absolute Gasteiger partial charge is 0.480 e. The van der Waals surface area contributed by atoms with Crippen molar-refractivity contribution in [2.75, 3.05) is 18.2 Å². The Morgan fingerprint density at radius 1 is 1.32 bits per heavy atom. The van der Waals surface area contributed by atoms with E-state index in [1.165, 1.54) is 23.1 Å². The number of hydrogen-bond acceptors (Lipinski definition) is 3. The Morgan fingerprint density at radius 2 is 2.11 bits per heavy atom. The van der Waals surface area contributed by atoms with Crippen molar-refractivity contribution < 1.29 is 14.7 Å². The molecule has 0 spiro atoms. The molecule has 1 N–H and O–H groups in total. The van der Waals surface area contributed by atoms with Gasteiger partial charge in [0, 0.05) is 18.3 Å². The summed E-state index contributed by atoms with van der Waals surface area (Å²) in [7, 11) is 0.